The van der Waals surface area contributed by atoms with Gasteiger partial charge in [0.25, 0.3) is 0 Å². The van der Waals surface area contributed by atoms with Gasteiger partial charge in [0.15, 0.2) is 6.04 Å². The number of carbonyl (C=O) groups is 2. The Morgan fingerprint density at radius 1 is 0.912 bits per heavy atom. The van der Waals surface area contributed by atoms with Gasteiger partial charge in [-0.15, -0.1) is 0 Å². The van der Waals surface area contributed by atoms with E-state index in [0.29, 0.717) is 0 Å². The molecular weight excluding hydrogens is 428 g/mol. The number of amides is 1. The van der Waals surface area contributed by atoms with E-state index in [4.69, 9.17) is 14.5 Å². The Morgan fingerprint density at radius 2 is 1.44 bits per heavy atom. The second-order valence-corrected chi connectivity index (χ2v) is 10.1. The van der Waals surface area contributed by atoms with Crippen molar-refractivity contribution >= 4 is 17.8 Å². The summed E-state index contributed by atoms with van der Waals surface area (Å²) in [5.74, 6) is -0.345. The summed E-state index contributed by atoms with van der Waals surface area (Å²) in [5, 5.41) is 3.01. The largest absolute Gasteiger partial charge is 0.467 e. The molecule has 0 bridgehead atoms. The second-order valence-electron chi connectivity index (χ2n) is 10.1. The zero-order chi connectivity index (χ0) is 24.3. The molecule has 0 saturated heterocycles. The van der Waals surface area contributed by atoms with E-state index in [1.54, 1.807) is 0 Å². The van der Waals surface area contributed by atoms with Crippen LogP contribution in [0.3, 0.4) is 0 Å². The molecule has 6 heteroatoms. The smallest absolute Gasteiger partial charge is 0.407 e. The van der Waals surface area contributed by atoms with Gasteiger partial charge in [0.05, 0.1) is 18.9 Å². The maximum Gasteiger partial charge on any atom is 0.407 e. The number of methoxy groups -OCH3 is 1. The second kappa shape index (κ2) is 10.00. The first-order chi connectivity index (χ1) is 16.3. The van der Waals surface area contributed by atoms with Crippen molar-refractivity contribution in [1.82, 2.24) is 5.32 Å². The molecule has 180 valence electrons. The van der Waals surface area contributed by atoms with Gasteiger partial charge >= 0.3 is 12.1 Å². The van der Waals surface area contributed by atoms with Crippen LogP contribution in [0.5, 0.6) is 0 Å². The van der Waals surface area contributed by atoms with Crippen molar-refractivity contribution in [2.75, 3.05) is 7.11 Å². The number of esters is 1. The molecule has 2 aromatic rings. The minimum Gasteiger partial charge on any atom is -0.467 e. The Hall–Kier alpha value is -3.15. The van der Waals surface area contributed by atoms with Crippen molar-refractivity contribution < 1.29 is 19.1 Å². The number of aliphatic imine (C=N–C) groups is 1. The molecule has 0 spiro atoms. The van der Waals surface area contributed by atoms with Crippen molar-refractivity contribution in [2.24, 2.45) is 10.9 Å². The molecule has 0 aliphatic heterocycles. The summed E-state index contributed by atoms with van der Waals surface area (Å²) in [7, 11) is 1.37. The minimum absolute atomic E-state index is 0.113. The molecule has 1 N–H and O–H groups in total. The summed E-state index contributed by atoms with van der Waals surface area (Å²) >= 11 is 0. The monoisotopic (exact) mass is 462 g/mol. The van der Waals surface area contributed by atoms with Crippen molar-refractivity contribution in [3.05, 3.63) is 59.7 Å². The maximum atomic E-state index is 13.2. The SMILES string of the molecule is COC(=O)C(N=C1c2ccccc2-c2ccccc21)C(NC(=O)OC(C)(C)C)C1CCCCC1. The van der Waals surface area contributed by atoms with E-state index >= 15 is 0 Å². The van der Waals surface area contributed by atoms with Crippen LogP contribution in [0.2, 0.25) is 0 Å². The molecule has 2 aliphatic rings. The molecule has 2 aromatic carbocycles. The van der Waals surface area contributed by atoms with E-state index in [9.17, 15) is 9.59 Å². The van der Waals surface area contributed by atoms with E-state index in [0.717, 1.165) is 60.1 Å². The van der Waals surface area contributed by atoms with E-state index in [2.05, 4.69) is 17.4 Å². The predicted octanol–water partition coefficient (Wildman–Crippen LogP) is 5.52. The lowest BCUT2D eigenvalue weighted by Crippen LogP contribution is -2.52. The molecule has 1 saturated carbocycles. The Kier molecular flexibility index (Phi) is 7.05. The molecule has 0 aromatic heterocycles. The fraction of sp³-hybridized carbons (Fsp3) is 0.464. The lowest BCUT2D eigenvalue weighted by molar-refractivity contribution is -0.143. The Bertz CT molecular complexity index is 1030. The first kappa shape index (κ1) is 24.0. The van der Waals surface area contributed by atoms with Gasteiger partial charge in [0.1, 0.15) is 5.60 Å². The number of nitrogens with zero attached hydrogens (tertiary/aromatic N) is 1. The molecular formula is C28H34N2O4. The number of ether oxygens (including phenoxy) is 2. The van der Waals surface area contributed by atoms with Crippen LogP contribution in [-0.4, -0.2) is 42.6 Å². The van der Waals surface area contributed by atoms with Gasteiger partial charge in [-0.3, -0.25) is 4.99 Å². The summed E-state index contributed by atoms with van der Waals surface area (Å²) in [5.41, 5.74) is 4.27. The van der Waals surface area contributed by atoms with Crippen LogP contribution in [0.4, 0.5) is 4.79 Å². The lowest BCUT2D eigenvalue weighted by Gasteiger charge is -2.34. The fourth-order valence-corrected chi connectivity index (χ4v) is 5.06. The molecule has 2 atom stereocenters. The topological polar surface area (TPSA) is 77.0 Å². The van der Waals surface area contributed by atoms with Crippen molar-refractivity contribution in [3.8, 4) is 11.1 Å². The zero-order valence-electron chi connectivity index (χ0n) is 20.5. The average Bonchev–Trinajstić information content (AvgIpc) is 3.14. The van der Waals surface area contributed by atoms with Crippen LogP contribution in [-0.2, 0) is 14.3 Å². The van der Waals surface area contributed by atoms with Gasteiger partial charge in [-0.05, 0) is 50.7 Å². The number of hydrogen-bond donors (Lipinski definition) is 1. The standard InChI is InChI=1S/C28H34N2O4/c1-28(2,3)34-27(32)30-23(18-12-6-5-7-13-18)25(26(31)33-4)29-24-21-16-10-8-14-19(21)20-15-9-11-17-22(20)24/h8-11,14-18,23,25H,5-7,12-13H2,1-4H3,(H,30,32). The van der Waals surface area contributed by atoms with Crippen LogP contribution in [0, 0.1) is 5.92 Å². The maximum absolute atomic E-state index is 13.2. The molecule has 0 heterocycles. The quantitative estimate of drug-likeness (QED) is 0.507. The van der Waals surface area contributed by atoms with Crippen LogP contribution in [0.1, 0.15) is 64.0 Å². The van der Waals surface area contributed by atoms with Crippen LogP contribution in [0.25, 0.3) is 11.1 Å². The predicted molar refractivity (Wildman–Crippen MR) is 133 cm³/mol. The van der Waals surface area contributed by atoms with Gasteiger partial charge in [-0.2, -0.15) is 0 Å². The average molecular weight is 463 g/mol. The van der Waals surface area contributed by atoms with E-state index in [1.807, 2.05) is 57.2 Å². The molecule has 2 aliphatic carbocycles. The molecule has 6 nitrogen and oxygen atoms in total. The highest BCUT2D eigenvalue weighted by atomic mass is 16.6. The molecule has 0 radical (unpaired) electrons. The van der Waals surface area contributed by atoms with E-state index in [1.165, 1.54) is 7.11 Å². The third-order valence-corrected chi connectivity index (χ3v) is 6.55. The van der Waals surface area contributed by atoms with Gasteiger partial charge in [-0.25, -0.2) is 9.59 Å². The van der Waals surface area contributed by atoms with Crippen molar-refractivity contribution in [1.29, 1.82) is 0 Å². The number of rotatable bonds is 5. The molecule has 4 rings (SSSR count). The highest BCUT2D eigenvalue weighted by Crippen LogP contribution is 2.38. The Morgan fingerprint density at radius 3 is 1.94 bits per heavy atom. The summed E-state index contributed by atoms with van der Waals surface area (Å²) in [4.78, 5) is 31.0. The highest BCUT2D eigenvalue weighted by molar-refractivity contribution is 6.24. The number of benzene rings is 2. The Balaban J connectivity index is 1.77. The van der Waals surface area contributed by atoms with Crippen LogP contribution >= 0.6 is 0 Å². The van der Waals surface area contributed by atoms with Crippen LogP contribution < -0.4 is 5.32 Å². The minimum atomic E-state index is -0.880. The highest BCUT2D eigenvalue weighted by Gasteiger charge is 2.39. The fourth-order valence-electron chi connectivity index (χ4n) is 5.06. The summed E-state index contributed by atoms with van der Waals surface area (Å²) in [6, 6.07) is 14.8. The third-order valence-electron chi connectivity index (χ3n) is 6.55. The zero-order valence-corrected chi connectivity index (χ0v) is 20.5. The Labute approximate surface area is 201 Å². The number of nitrogens with one attached hydrogen (secondary N) is 1. The number of hydrogen-bond acceptors (Lipinski definition) is 5. The number of carbonyl (C=O) groups excluding carboxylic acids is 2. The summed E-state index contributed by atoms with van der Waals surface area (Å²) in [6.45, 7) is 5.48. The first-order valence-corrected chi connectivity index (χ1v) is 12.1. The third kappa shape index (κ3) is 5.16. The molecule has 34 heavy (non-hydrogen) atoms. The van der Waals surface area contributed by atoms with E-state index in [-0.39, 0.29) is 5.92 Å². The van der Waals surface area contributed by atoms with Gasteiger partial charge in [0, 0.05) is 11.1 Å². The lowest BCUT2D eigenvalue weighted by atomic mass is 9.81. The summed E-state index contributed by atoms with van der Waals surface area (Å²) in [6.07, 6.45) is 4.59. The first-order valence-electron chi connectivity index (χ1n) is 12.1. The van der Waals surface area contributed by atoms with Crippen molar-refractivity contribution in [2.45, 2.75) is 70.6 Å². The van der Waals surface area contributed by atoms with Gasteiger partial charge < -0.3 is 14.8 Å². The molecule has 1 amide bonds. The number of alkyl carbamates (subject to hydrolysis) is 1. The summed E-state index contributed by atoms with van der Waals surface area (Å²) < 4.78 is 10.8. The van der Waals surface area contributed by atoms with Gasteiger partial charge in [0.2, 0.25) is 0 Å². The van der Waals surface area contributed by atoms with Gasteiger partial charge in [-0.1, -0.05) is 67.8 Å². The van der Waals surface area contributed by atoms with Crippen molar-refractivity contribution in [3.63, 3.8) is 0 Å². The van der Waals surface area contributed by atoms with Crippen LogP contribution in [0.15, 0.2) is 53.5 Å². The molecule has 2 unspecified atom stereocenters. The van der Waals surface area contributed by atoms with E-state index < -0.39 is 29.7 Å². The number of fused-ring (bicyclic) bond motifs is 3. The molecule has 1 fully saturated rings. The normalized spacial score (nSPS) is 17.2.